The minimum Gasteiger partial charge on any atom is -0.369 e. The van der Waals surface area contributed by atoms with Crippen LogP contribution >= 0.6 is 0 Å². The molecule has 2 heterocycles. The number of aryl methyl sites for hydroxylation is 1. The van der Waals surface area contributed by atoms with Crippen LogP contribution in [0.5, 0.6) is 0 Å². The highest BCUT2D eigenvalue weighted by Crippen LogP contribution is 2.31. The molecule has 2 aromatic carbocycles. The van der Waals surface area contributed by atoms with E-state index >= 15 is 0 Å². The summed E-state index contributed by atoms with van der Waals surface area (Å²) < 4.78 is 40.7. The molecule has 1 saturated heterocycles. The topological polar surface area (TPSA) is 37.2 Å². The van der Waals surface area contributed by atoms with Gasteiger partial charge in [-0.05, 0) is 49.7 Å². The van der Waals surface area contributed by atoms with Gasteiger partial charge in [-0.3, -0.25) is 4.90 Å². The highest BCUT2D eigenvalue weighted by atomic mass is 19.4. The molecule has 29 heavy (non-hydrogen) atoms. The number of nitrogens with zero attached hydrogens (tertiary/aromatic N) is 5. The maximum Gasteiger partial charge on any atom is 0.416 e. The van der Waals surface area contributed by atoms with Crippen LogP contribution in [0.25, 0.3) is 11.0 Å². The average molecular weight is 403 g/mol. The first-order valence-electron chi connectivity index (χ1n) is 9.93. The molecule has 0 N–H and O–H groups in total. The fraction of sp³-hybridized carbons (Fsp3) is 0.429. The van der Waals surface area contributed by atoms with Crippen LogP contribution in [0.15, 0.2) is 48.5 Å². The molecular formula is C21H24F3N5. The SMILES string of the molecule is FC(F)(F)c1cccc(N2CCN(CCCCn3nnc4ccccc43)CC2)c1. The summed E-state index contributed by atoms with van der Waals surface area (Å²) in [5, 5.41) is 8.39. The minimum atomic E-state index is -4.30. The summed E-state index contributed by atoms with van der Waals surface area (Å²) >= 11 is 0. The zero-order chi connectivity index (χ0) is 20.3. The van der Waals surface area contributed by atoms with Crippen molar-refractivity contribution >= 4 is 16.7 Å². The van der Waals surface area contributed by atoms with Crippen molar-refractivity contribution in [2.45, 2.75) is 25.6 Å². The van der Waals surface area contributed by atoms with Gasteiger partial charge in [-0.2, -0.15) is 13.2 Å². The van der Waals surface area contributed by atoms with E-state index in [0.29, 0.717) is 5.69 Å². The van der Waals surface area contributed by atoms with Gasteiger partial charge in [0.25, 0.3) is 0 Å². The van der Waals surface area contributed by atoms with E-state index in [0.717, 1.165) is 69.2 Å². The van der Waals surface area contributed by atoms with Crippen molar-refractivity contribution in [1.29, 1.82) is 0 Å². The molecule has 0 amide bonds. The van der Waals surface area contributed by atoms with E-state index in [9.17, 15) is 13.2 Å². The van der Waals surface area contributed by atoms with Gasteiger partial charge in [-0.1, -0.05) is 23.4 Å². The first-order valence-corrected chi connectivity index (χ1v) is 9.93. The number of unbranched alkanes of at least 4 members (excludes halogenated alkanes) is 1. The molecule has 4 rings (SSSR count). The number of para-hydroxylation sites is 1. The Balaban J connectivity index is 1.22. The number of benzene rings is 2. The number of alkyl halides is 3. The van der Waals surface area contributed by atoms with Gasteiger partial charge >= 0.3 is 6.18 Å². The second-order valence-electron chi connectivity index (χ2n) is 7.39. The Hall–Kier alpha value is -2.61. The standard InChI is InChI=1S/C21H24F3N5/c22-21(23,24)17-6-5-7-18(16-17)28-14-12-27(13-15-28)10-3-4-11-29-20-9-2-1-8-19(20)25-26-29/h1-2,5-9,16H,3-4,10-15H2. The monoisotopic (exact) mass is 403 g/mol. The summed E-state index contributed by atoms with van der Waals surface area (Å²) in [4.78, 5) is 4.41. The molecule has 0 radical (unpaired) electrons. The predicted molar refractivity (Wildman–Crippen MR) is 107 cm³/mol. The van der Waals surface area contributed by atoms with Crippen LogP contribution in [-0.4, -0.2) is 52.6 Å². The molecule has 1 aliphatic heterocycles. The lowest BCUT2D eigenvalue weighted by Gasteiger charge is -2.36. The van der Waals surface area contributed by atoms with Crippen molar-refractivity contribution in [2.24, 2.45) is 0 Å². The molecule has 5 nitrogen and oxygen atoms in total. The van der Waals surface area contributed by atoms with Crippen LogP contribution in [0.3, 0.4) is 0 Å². The van der Waals surface area contributed by atoms with E-state index in [1.54, 1.807) is 6.07 Å². The first-order chi connectivity index (χ1) is 14.0. The van der Waals surface area contributed by atoms with Crippen LogP contribution in [0.1, 0.15) is 18.4 Å². The molecule has 1 aromatic heterocycles. The Kier molecular flexibility index (Phi) is 5.71. The van der Waals surface area contributed by atoms with Gasteiger partial charge in [0, 0.05) is 38.4 Å². The largest absolute Gasteiger partial charge is 0.416 e. The molecule has 0 spiro atoms. The first kappa shape index (κ1) is 19.7. The minimum absolute atomic E-state index is 0.585. The maximum atomic E-state index is 12.9. The van der Waals surface area contributed by atoms with Crippen molar-refractivity contribution in [3.63, 3.8) is 0 Å². The van der Waals surface area contributed by atoms with Gasteiger partial charge in [0.2, 0.25) is 0 Å². The van der Waals surface area contributed by atoms with Crippen LogP contribution in [-0.2, 0) is 12.7 Å². The molecule has 0 aliphatic carbocycles. The molecule has 0 atom stereocenters. The quantitative estimate of drug-likeness (QED) is 0.582. The van der Waals surface area contributed by atoms with E-state index in [-0.39, 0.29) is 0 Å². The number of hydrogen-bond acceptors (Lipinski definition) is 4. The third kappa shape index (κ3) is 4.70. The van der Waals surface area contributed by atoms with E-state index in [1.165, 1.54) is 12.1 Å². The molecular weight excluding hydrogens is 379 g/mol. The van der Waals surface area contributed by atoms with Crippen molar-refractivity contribution in [3.8, 4) is 0 Å². The summed E-state index contributed by atoms with van der Waals surface area (Å²) in [6.45, 7) is 5.04. The third-order valence-corrected chi connectivity index (χ3v) is 5.43. The zero-order valence-electron chi connectivity index (χ0n) is 16.1. The summed E-state index contributed by atoms with van der Waals surface area (Å²) in [6.07, 6.45) is -2.23. The van der Waals surface area contributed by atoms with E-state index < -0.39 is 11.7 Å². The number of piperazine rings is 1. The number of hydrogen-bond donors (Lipinski definition) is 0. The lowest BCUT2D eigenvalue weighted by Crippen LogP contribution is -2.46. The Morgan fingerprint density at radius 1 is 0.862 bits per heavy atom. The second-order valence-corrected chi connectivity index (χ2v) is 7.39. The molecule has 1 fully saturated rings. The van der Waals surface area contributed by atoms with Crippen LogP contribution < -0.4 is 4.90 Å². The number of halogens is 3. The molecule has 0 saturated carbocycles. The van der Waals surface area contributed by atoms with Crippen LogP contribution in [0.2, 0.25) is 0 Å². The zero-order valence-corrected chi connectivity index (χ0v) is 16.1. The average Bonchev–Trinajstić information content (AvgIpc) is 3.14. The van der Waals surface area contributed by atoms with Crippen molar-refractivity contribution in [2.75, 3.05) is 37.6 Å². The van der Waals surface area contributed by atoms with Crippen LogP contribution in [0.4, 0.5) is 18.9 Å². The van der Waals surface area contributed by atoms with Crippen LogP contribution in [0, 0.1) is 0 Å². The van der Waals surface area contributed by atoms with Gasteiger partial charge in [-0.15, -0.1) is 5.10 Å². The summed E-state index contributed by atoms with van der Waals surface area (Å²) in [5.41, 5.74) is 2.04. The van der Waals surface area contributed by atoms with Gasteiger partial charge in [0.15, 0.2) is 0 Å². The Labute approximate surface area is 167 Å². The second kappa shape index (κ2) is 8.41. The van der Waals surface area contributed by atoms with Gasteiger partial charge in [-0.25, -0.2) is 4.68 Å². The fourth-order valence-corrected chi connectivity index (χ4v) is 3.79. The smallest absolute Gasteiger partial charge is 0.369 e. The summed E-state index contributed by atoms with van der Waals surface area (Å²) in [6, 6.07) is 13.6. The van der Waals surface area contributed by atoms with Gasteiger partial charge in [0.05, 0.1) is 11.1 Å². The normalized spacial score (nSPS) is 15.9. The molecule has 1 aliphatic rings. The van der Waals surface area contributed by atoms with E-state index in [4.69, 9.17) is 0 Å². The van der Waals surface area contributed by atoms with Crippen molar-refractivity contribution < 1.29 is 13.2 Å². The lowest BCUT2D eigenvalue weighted by molar-refractivity contribution is -0.137. The molecule has 8 heteroatoms. The highest BCUT2D eigenvalue weighted by molar-refractivity contribution is 5.73. The van der Waals surface area contributed by atoms with Crippen molar-refractivity contribution in [1.82, 2.24) is 19.9 Å². The molecule has 0 bridgehead atoms. The van der Waals surface area contributed by atoms with Crippen molar-refractivity contribution in [3.05, 3.63) is 54.1 Å². The Bertz CT molecular complexity index is 945. The summed E-state index contributed by atoms with van der Waals surface area (Å²) in [5.74, 6) is 0. The predicted octanol–water partition coefficient (Wildman–Crippen LogP) is 4.05. The number of fused-ring (bicyclic) bond motifs is 1. The molecule has 154 valence electrons. The number of aromatic nitrogens is 3. The third-order valence-electron chi connectivity index (χ3n) is 5.43. The Morgan fingerprint density at radius 3 is 2.41 bits per heavy atom. The maximum absolute atomic E-state index is 12.9. The van der Waals surface area contributed by atoms with E-state index in [1.807, 2.05) is 33.8 Å². The molecule has 0 unspecified atom stereocenters. The fourth-order valence-electron chi connectivity index (χ4n) is 3.79. The number of anilines is 1. The highest BCUT2D eigenvalue weighted by Gasteiger charge is 2.31. The van der Waals surface area contributed by atoms with Gasteiger partial charge in [0.1, 0.15) is 5.52 Å². The number of rotatable bonds is 6. The lowest BCUT2D eigenvalue weighted by atomic mass is 10.1. The Morgan fingerprint density at radius 2 is 1.62 bits per heavy atom. The molecule has 3 aromatic rings. The van der Waals surface area contributed by atoms with Gasteiger partial charge < -0.3 is 4.90 Å². The van der Waals surface area contributed by atoms with E-state index in [2.05, 4.69) is 15.2 Å². The summed E-state index contributed by atoms with van der Waals surface area (Å²) in [7, 11) is 0.